The highest BCUT2D eigenvalue weighted by Crippen LogP contribution is 2.30. The number of ether oxygens (including phenoxy) is 1. The number of nitrogens with two attached hydrogens (primary N) is 1. The summed E-state index contributed by atoms with van der Waals surface area (Å²) in [6.07, 6.45) is 1.26. The quantitative estimate of drug-likeness (QED) is 0.516. The summed E-state index contributed by atoms with van der Waals surface area (Å²) in [6, 6.07) is 7.63. The van der Waals surface area contributed by atoms with Gasteiger partial charge in [-0.2, -0.15) is 0 Å². The molecule has 3 rings (SSSR count). The van der Waals surface area contributed by atoms with E-state index in [0.29, 0.717) is 5.56 Å². The van der Waals surface area contributed by atoms with E-state index in [1.54, 1.807) is 0 Å². The Morgan fingerprint density at radius 2 is 1.77 bits per heavy atom. The van der Waals surface area contributed by atoms with Crippen molar-refractivity contribution in [3.63, 3.8) is 0 Å². The van der Waals surface area contributed by atoms with Crippen LogP contribution in [-0.2, 0) is 14.4 Å². The zero-order valence-corrected chi connectivity index (χ0v) is 17.2. The van der Waals surface area contributed by atoms with E-state index in [2.05, 4.69) is 5.32 Å². The lowest BCUT2D eigenvalue weighted by Gasteiger charge is -2.26. The van der Waals surface area contributed by atoms with Gasteiger partial charge in [0.05, 0.1) is 20.8 Å². The zero-order chi connectivity index (χ0) is 22.0. The molecular formula is C19H12Cl3N3O5. The molecule has 1 aliphatic heterocycles. The molecule has 3 N–H and O–H groups in total. The van der Waals surface area contributed by atoms with Crippen molar-refractivity contribution in [1.82, 2.24) is 5.32 Å². The van der Waals surface area contributed by atoms with Crippen LogP contribution in [0.25, 0.3) is 6.08 Å². The molecule has 1 heterocycles. The number of hydrogen-bond acceptors (Lipinski definition) is 5. The standard InChI is InChI=1S/C19H12Cl3N3O5/c20-12-3-2-10(7-13(12)21)25-18(28)11(17(27)24-19(25)29)5-9-1-4-15(14(22)6-9)30-8-16(23)26/h1-7H,8H2,(H2,23,26)(H,24,27,29)/b11-5+. The van der Waals surface area contributed by atoms with E-state index in [-0.39, 0.29) is 38.7 Å². The fraction of sp³-hybridized carbons (Fsp3) is 0.0526. The van der Waals surface area contributed by atoms with Gasteiger partial charge in [-0.05, 0) is 42.0 Å². The summed E-state index contributed by atoms with van der Waals surface area (Å²) in [5.74, 6) is -2.20. The number of halogens is 3. The second kappa shape index (κ2) is 8.74. The van der Waals surface area contributed by atoms with Crippen LogP contribution in [0.1, 0.15) is 5.56 Å². The van der Waals surface area contributed by atoms with Gasteiger partial charge in [-0.15, -0.1) is 0 Å². The van der Waals surface area contributed by atoms with Crippen LogP contribution in [0.3, 0.4) is 0 Å². The molecule has 8 nitrogen and oxygen atoms in total. The fourth-order valence-electron chi connectivity index (χ4n) is 2.56. The number of urea groups is 1. The highest BCUT2D eigenvalue weighted by atomic mass is 35.5. The number of benzene rings is 2. The Hall–Kier alpha value is -3.07. The van der Waals surface area contributed by atoms with Crippen molar-refractivity contribution in [2.45, 2.75) is 0 Å². The minimum atomic E-state index is -0.922. The Morgan fingerprint density at radius 1 is 1.03 bits per heavy atom. The molecule has 11 heteroatoms. The molecule has 0 radical (unpaired) electrons. The number of primary amides is 1. The number of barbiturate groups is 1. The van der Waals surface area contributed by atoms with Crippen molar-refractivity contribution in [1.29, 1.82) is 0 Å². The van der Waals surface area contributed by atoms with Crippen molar-refractivity contribution in [2.75, 3.05) is 11.5 Å². The number of anilines is 1. The van der Waals surface area contributed by atoms with Gasteiger partial charge in [0.2, 0.25) is 0 Å². The number of rotatable bonds is 5. The van der Waals surface area contributed by atoms with Gasteiger partial charge < -0.3 is 10.5 Å². The summed E-state index contributed by atoms with van der Waals surface area (Å²) in [6.45, 7) is -0.359. The largest absolute Gasteiger partial charge is 0.482 e. The fourth-order valence-corrected chi connectivity index (χ4v) is 3.09. The summed E-state index contributed by atoms with van der Waals surface area (Å²) in [7, 11) is 0. The average Bonchev–Trinajstić information content (AvgIpc) is 2.67. The first-order chi connectivity index (χ1) is 14.2. The van der Waals surface area contributed by atoms with E-state index < -0.39 is 23.8 Å². The Balaban J connectivity index is 1.93. The summed E-state index contributed by atoms with van der Waals surface area (Å²) in [5, 5.41) is 2.60. The normalized spacial score (nSPS) is 15.4. The van der Waals surface area contributed by atoms with Gasteiger partial charge in [-0.25, -0.2) is 9.69 Å². The second-order valence-corrected chi connectivity index (χ2v) is 7.22. The van der Waals surface area contributed by atoms with Gasteiger partial charge in [0.15, 0.2) is 6.61 Å². The molecule has 30 heavy (non-hydrogen) atoms. The SMILES string of the molecule is NC(=O)COc1ccc(/C=C2\C(=O)NC(=O)N(c3ccc(Cl)c(Cl)c3)C2=O)cc1Cl. The van der Waals surface area contributed by atoms with E-state index in [1.807, 2.05) is 0 Å². The predicted octanol–water partition coefficient (Wildman–Crippen LogP) is 3.18. The molecular weight excluding hydrogens is 457 g/mol. The lowest BCUT2D eigenvalue weighted by molar-refractivity contribution is -0.123. The maximum Gasteiger partial charge on any atom is 0.335 e. The van der Waals surface area contributed by atoms with Crippen LogP contribution < -0.4 is 20.7 Å². The molecule has 1 aliphatic rings. The van der Waals surface area contributed by atoms with Crippen molar-refractivity contribution in [2.24, 2.45) is 5.73 Å². The maximum absolute atomic E-state index is 12.9. The third kappa shape index (κ3) is 4.56. The van der Waals surface area contributed by atoms with Crippen molar-refractivity contribution >= 4 is 70.3 Å². The first kappa shape index (κ1) is 21.6. The van der Waals surface area contributed by atoms with Crippen LogP contribution in [0.4, 0.5) is 10.5 Å². The van der Waals surface area contributed by atoms with Crippen LogP contribution in [0.15, 0.2) is 42.0 Å². The van der Waals surface area contributed by atoms with E-state index in [9.17, 15) is 19.2 Å². The number of nitrogens with zero attached hydrogens (tertiary/aromatic N) is 1. The highest BCUT2D eigenvalue weighted by Gasteiger charge is 2.37. The number of carbonyl (C=O) groups is 4. The monoisotopic (exact) mass is 467 g/mol. The molecule has 0 saturated carbocycles. The highest BCUT2D eigenvalue weighted by molar-refractivity contribution is 6.43. The van der Waals surface area contributed by atoms with Crippen LogP contribution >= 0.6 is 34.8 Å². The average molecular weight is 469 g/mol. The van der Waals surface area contributed by atoms with Gasteiger partial charge >= 0.3 is 6.03 Å². The topological polar surface area (TPSA) is 119 Å². The number of amides is 5. The van der Waals surface area contributed by atoms with Gasteiger partial charge in [-0.3, -0.25) is 19.7 Å². The summed E-state index contributed by atoms with van der Waals surface area (Å²) in [5.41, 5.74) is 5.24. The molecule has 2 aromatic rings. The molecule has 0 aliphatic carbocycles. The molecule has 0 aromatic heterocycles. The van der Waals surface area contributed by atoms with E-state index in [1.165, 1.54) is 42.5 Å². The molecule has 2 aromatic carbocycles. The van der Waals surface area contributed by atoms with Gasteiger partial charge in [-0.1, -0.05) is 40.9 Å². The van der Waals surface area contributed by atoms with Gasteiger partial charge in [0.1, 0.15) is 11.3 Å². The third-order valence-electron chi connectivity index (χ3n) is 3.90. The van der Waals surface area contributed by atoms with Gasteiger partial charge in [0, 0.05) is 0 Å². The van der Waals surface area contributed by atoms with Crippen LogP contribution in [0, 0.1) is 0 Å². The molecule has 1 fully saturated rings. The molecule has 0 unspecified atom stereocenters. The second-order valence-electron chi connectivity index (χ2n) is 6.00. The van der Waals surface area contributed by atoms with Crippen molar-refractivity contribution in [3.05, 3.63) is 62.6 Å². The van der Waals surface area contributed by atoms with Crippen LogP contribution in [0.5, 0.6) is 5.75 Å². The minimum Gasteiger partial charge on any atom is -0.482 e. The summed E-state index contributed by atoms with van der Waals surface area (Å²) >= 11 is 17.9. The lowest BCUT2D eigenvalue weighted by atomic mass is 10.1. The minimum absolute atomic E-state index is 0.131. The molecule has 154 valence electrons. The lowest BCUT2D eigenvalue weighted by Crippen LogP contribution is -2.54. The Bertz CT molecular complexity index is 1120. The molecule has 0 atom stereocenters. The molecule has 0 bridgehead atoms. The van der Waals surface area contributed by atoms with Crippen molar-refractivity contribution in [3.8, 4) is 5.75 Å². The number of carbonyl (C=O) groups excluding carboxylic acids is 4. The molecule has 0 spiro atoms. The molecule has 5 amide bonds. The number of nitrogens with one attached hydrogen (secondary N) is 1. The predicted molar refractivity (Wildman–Crippen MR) is 112 cm³/mol. The Morgan fingerprint density at radius 3 is 2.40 bits per heavy atom. The first-order valence-electron chi connectivity index (χ1n) is 8.24. The molecule has 1 saturated heterocycles. The van der Waals surface area contributed by atoms with Gasteiger partial charge in [0.25, 0.3) is 17.7 Å². The third-order valence-corrected chi connectivity index (χ3v) is 4.93. The maximum atomic E-state index is 12.9. The Kier molecular flexibility index (Phi) is 6.31. The smallest absolute Gasteiger partial charge is 0.335 e. The van der Waals surface area contributed by atoms with E-state index >= 15 is 0 Å². The number of imide groups is 2. The summed E-state index contributed by atoms with van der Waals surface area (Å²) in [4.78, 5) is 48.9. The number of hydrogen-bond donors (Lipinski definition) is 2. The van der Waals surface area contributed by atoms with E-state index in [4.69, 9.17) is 45.3 Å². The van der Waals surface area contributed by atoms with Crippen LogP contribution in [-0.4, -0.2) is 30.4 Å². The van der Waals surface area contributed by atoms with E-state index in [0.717, 1.165) is 4.90 Å². The zero-order valence-electron chi connectivity index (χ0n) is 14.9. The van der Waals surface area contributed by atoms with Crippen LogP contribution in [0.2, 0.25) is 15.1 Å². The Labute approximate surface area is 185 Å². The van der Waals surface area contributed by atoms with Crippen molar-refractivity contribution < 1.29 is 23.9 Å². The summed E-state index contributed by atoms with van der Waals surface area (Å²) < 4.78 is 5.15. The first-order valence-corrected chi connectivity index (χ1v) is 9.38.